The average molecular weight is 311 g/mol. The molecule has 0 aliphatic carbocycles. The lowest BCUT2D eigenvalue weighted by Crippen LogP contribution is -2.17. The van der Waals surface area contributed by atoms with Gasteiger partial charge in [0, 0.05) is 23.1 Å². The number of nitrogens with two attached hydrogens (primary N) is 2. The van der Waals surface area contributed by atoms with Crippen LogP contribution in [0.5, 0.6) is 5.75 Å². The van der Waals surface area contributed by atoms with Crippen molar-refractivity contribution in [2.45, 2.75) is 25.8 Å². The van der Waals surface area contributed by atoms with Gasteiger partial charge in [0.25, 0.3) is 0 Å². The quantitative estimate of drug-likeness (QED) is 0.597. The summed E-state index contributed by atoms with van der Waals surface area (Å²) in [6.45, 7) is 2.65. The molecule has 1 aromatic heterocycles. The van der Waals surface area contributed by atoms with Crippen LogP contribution in [-0.2, 0) is 12.8 Å². The number of phenols is 1. The monoisotopic (exact) mass is 311 g/mol. The number of hydrogen-bond donors (Lipinski definition) is 4. The second kappa shape index (κ2) is 8.36. The van der Waals surface area contributed by atoms with Crippen LogP contribution in [0.4, 0.5) is 0 Å². The van der Waals surface area contributed by atoms with Crippen molar-refractivity contribution in [2.24, 2.45) is 11.5 Å². The van der Waals surface area contributed by atoms with E-state index in [1.165, 1.54) is 5.56 Å². The van der Waals surface area contributed by atoms with Crippen molar-refractivity contribution >= 4 is 10.9 Å². The third kappa shape index (κ3) is 5.13. The maximum atomic E-state index is 9.30. The number of phenolic OH excluding ortho intramolecular Hbond substituents is 1. The fourth-order valence-corrected chi connectivity index (χ4v) is 2.51. The average Bonchev–Trinajstić information content (AvgIpc) is 2.91. The molecule has 4 heteroatoms. The Kier molecular flexibility index (Phi) is 6.20. The number of aromatic amines is 1. The molecule has 0 radical (unpaired) electrons. The van der Waals surface area contributed by atoms with Crippen LogP contribution in [0.1, 0.15) is 18.1 Å². The summed E-state index contributed by atoms with van der Waals surface area (Å²) in [6, 6.07) is 15.9. The lowest BCUT2D eigenvalue weighted by atomic mass is 10.1. The smallest absolute Gasteiger partial charge is 0.116 e. The fraction of sp³-hybridized carbons (Fsp3) is 0.263. The van der Waals surface area contributed by atoms with Crippen molar-refractivity contribution in [2.75, 3.05) is 6.54 Å². The van der Waals surface area contributed by atoms with Crippen molar-refractivity contribution < 1.29 is 5.11 Å². The highest BCUT2D eigenvalue weighted by atomic mass is 16.3. The Balaban J connectivity index is 0.000000174. The lowest BCUT2D eigenvalue weighted by Gasteiger charge is -2.02. The van der Waals surface area contributed by atoms with Crippen LogP contribution >= 0.6 is 0 Å². The first-order valence-corrected chi connectivity index (χ1v) is 7.88. The Morgan fingerprint density at radius 3 is 2.52 bits per heavy atom. The van der Waals surface area contributed by atoms with Crippen molar-refractivity contribution in [3.8, 4) is 5.75 Å². The van der Waals surface area contributed by atoms with Crippen LogP contribution in [0.25, 0.3) is 10.9 Å². The molecule has 0 fully saturated rings. The second-order valence-corrected chi connectivity index (χ2v) is 5.75. The van der Waals surface area contributed by atoms with E-state index in [1.54, 1.807) is 12.1 Å². The molecule has 6 N–H and O–H groups in total. The maximum absolute atomic E-state index is 9.30. The standard InChI is InChI=1S/C10H12N2O.C9H13N/c11-4-3-7-6-12-10-2-1-8(13)5-9(7)10;1-8(10)7-9-5-3-2-4-6-9/h1-2,5-6,12-13H,3-4,11H2;2-6,8H,7,10H2,1H3. The number of hydrogen-bond acceptors (Lipinski definition) is 3. The van der Waals surface area contributed by atoms with Gasteiger partial charge in [-0.25, -0.2) is 0 Å². The molecule has 3 rings (SSSR count). The predicted octanol–water partition coefficient (Wildman–Crippen LogP) is 2.95. The molecule has 3 aromatic rings. The van der Waals surface area contributed by atoms with Crippen LogP contribution in [0, 0.1) is 0 Å². The highest BCUT2D eigenvalue weighted by Crippen LogP contribution is 2.22. The molecule has 0 aliphatic heterocycles. The largest absolute Gasteiger partial charge is 0.508 e. The first-order chi connectivity index (χ1) is 11.1. The van der Waals surface area contributed by atoms with Crippen LogP contribution in [0.3, 0.4) is 0 Å². The predicted molar refractivity (Wildman–Crippen MR) is 96.5 cm³/mol. The van der Waals surface area contributed by atoms with E-state index in [4.69, 9.17) is 11.5 Å². The zero-order valence-corrected chi connectivity index (χ0v) is 13.5. The molecule has 2 aromatic carbocycles. The number of aromatic hydroxyl groups is 1. The Morgan fingerprint density at radius 2 is 1.87 bits per heavy atom. The molecule has 1 heterocycles. The van der Waals surface area contributed by atoms with E-state index in [1.807, 2.05) is 37.4 Å². The van der Waals surface area contributed by atoms with Crippen molar-refractivity contribution in [1.82, 2.24) is 4.98 Å². The summed E-state index contributed by atoms with van der Waals surface area (Å²) in [5.41, 5.74) is 14.6. The van der Waals surface area contributed by atoms with Gasteiger partial charge in [0.2, 0.25) is 0 Å². The van der Waals surface area contributed by atoms with E-state index in [0.29, 0.717) is 12.3 Å². The maximum Gasteiger partial charge on any atom is 0.116 e. The number of fused-ring (bicyclic) bond motifs is 1. The van der Waals surface area contributed by atoms with E-state index in [2.05, 4.69) is 17.1 Å². The van der Waals surface area contributed by atoms with Crippen molar-refractivity contribution in [3.05, 3.63) is 65.9 Å². The number of nitrogens with one attached hydrogen (secondary N) is 1. The minimum Gasteiger partial charge on any atom is -0.508 e. The zero-order chi connectivity index (χ0) is 16.7. The van der Waals surface area contributed by atoms with Gasteiger partial charge in [0.05, 0.1) is 0 Å². The van der Waals surface area contributed by atoms with E-state index in [-0.39, 0.29) is 6.04 Å². The summed E-state index contributed by atoms with van der Waals surface area (Å²) >= 11 is 0. The summed E-state index contributed by atoms with van der Waals surface area (Å²) in [7, 11) is 0. The number of rotatable bonds is 4. The molecule has 0 aliphatic rings. The Bertz CT molecular complexity index is 720. The summed E-state index contributed by atoms with van der Waals surface area (Å²) in [5.74, 6) is 0.297. The summed E-state index contributed by atoms with van der Waals surface area (Å²) in [5, 5.41) is 10.4. The molecule has 0 saturated heterocycles. The topological polar surface area (TPSA) is 88.1 Å². The normalized spacial score (nSPS) is 11.8. The van der Waals surface area contributed by atoms with Gasteiger partial charge in [-0.3, -0.25) is 0 Å². The molecule has 0 saturated carbocycles. The molecule has 0 spiro atoms. The van der Waals surface area contributed by atoms with E-state index >= 15 is 0 Å². The van der Waals surface area contributed by atoms with Gasteiger partial charge >= 0.3 is 0 Å². The molecule has 0 amide bonds. The lowest BCUT2D eigenvalue weighted by molar-refractivity contribution is 0.476. The molecule has 1 atom stereocenters. The fourth-order valence-electron chi connectivity index (χ4n) is 2.51. The summed E-state index contributed by atoms with van der Waals surface area (Å²) in [4.78, 5) is 3.13. The number of H-pyrrole nitrogens is 1. The van der Waals surface area contributed by atoms with Crippen molar-refractivity contribution in [3.63, 3.8) is 0 Å². The van der Waals surface area contributed by atoms with Gasteiger partial charge in [-0.1, -0.05) is 30.3 Å². The Labute approximate surface area is 137 Å². The molecule has 4 nitrogen and oxygen atoms in total. The number of aromatic nitrogens is 1. The first kappa shape index (κ1) is 17.1. The Morgan fingerprint density at radius 1 is 1.13 bits per heavy atom. The first-order valence-electron chi connectivity index (χ1n) is 7.88. The van der Waals surface area contributed by atoms with Crippen LogP contribution in [0.2, 0.25) is 0 Å². The molecular formula is C19H25N3O. The molecule has 0 bridgehead atoms. The summed E-state index contributed by atoms with van der Waals surface area (Å²) < 4.78 is 0. The van der Waals surface area contributed by atoms with E-state index in [0.717, 1.165) is 29.3 Å². The molecule has 122 valence electrons. The van der Waals surface area contributed by atoms with Crippen LogP contribution in [0.15, 0.2) is 54.7 Å². The Hall–Kier alpha value is -2.30. The molecular weight excluding hydrogens is 286 g/mol. The van der Waals surface area contributed by atoms with Gasteiger partial charge in [-0.05, 0) is 55.6 Å². The van der Waals surface area contributed by atoms with Gasteiger partial charge < -0.3 is 21.6 Å². The zero-order valence-electron chi connectivity index (χ0n) is 13.5. The summed E-state index contributed by atoms with van der Waals surface area (Å²) in [6.07, 6.45) is 3.75. The van der Waals surface area contributed by atoms with Gasteiger partial charge in [0.1, 0.15) is 5.75 Å². The molecule has 1 unspecified atom stereocenters. The van der Waals surface area contributed by atoms with E-state index < -0.39 is 0 Å². The highest BCUT2D eigenvalue weighted by molar-refractivity contribution is 5.84. The number of benzene rings is 2. The SMILES string of the molecule is CC(N)Cc1ccccc1.NCCc1c[nH]c2ccc(O)cc12. The van der Waals surface area contributed by atoms with Gasteiger partial charge in [-0.2, -0.15) is 0 Å². The van der Waals surface area contributed by atoms with Crippen LogP contribution in [-0.4, -0.2) is 22.7 Å². The van der Waals surface area contributed by atoms with Gasteiger partial charge in [-0.15, -0.1) is 0 Å². The van der Waals surface area contributed by atoms with E-state index in [9.17, 15) is 5.11 Å². The minimum absolute atomic E-state index is 0.266. The minimum atomic E-state index is 0.266. The molecule has 23 heavy (non-hydrogen) atoms. The second-order valence-electron chi connectivity index (χ2n) is 5.75. The third-order valence-corrected chi connectivity index (χ3v) is 3.57. The van der Waals surface area contributed by atoms with Gasteiger partial charge in [0.15, 0.2) is 0 Å². The van der Waals surface area contributed by atoms with Crippen molar-refractivity contribution in [1.29, 1.82) is 0 Å². The van der Waals surface area contributed by atoms with Crippen LogP contribution < -0.4 is 11.5 Å². The highest BCUT2D eigenvalue weighted by Gasteiger charge is 2.02. The third-order valence-electron chi connectivity index (χ3n) is 3.57.